The lowest BCUT2D eigenvalue weighted by Gasteiger charge is -2.31. The predicted molar refractivity (Wildman–Crippen MR) is 214 cm³/mol. The number of aryl methyl sites for hydroxylation is 1. The van der Waals surface area contributed by atoms with Crippen molar-refractivity contribution in [1.82, 2.24) is 15.1 Å². The molecule has 1 atom stereocenters. The molecule has 55 heavy (non-hydrogen) atoms. The van der Waals surface area contributed by atoms with Gasteiger partial charge in [-0.1, -0.05) is 40.5 Å². The number of thiophene rings is 1. The van der Waals surface area contributed by atoms with Crippen LogP contribution >= 0.6 is 27.3 Å². The lowest BCUT2D eigenvalue weighted by molar-refractivity contribution is -0.136. The van der Waals surface area contributed by atoms with Crippen molar-refractivity contribution in [2.75, 3.05) is 26.2 Å². The Bertz CT molecular complexity index is 2260. The van der Waals surface area contributed by atoms with E-state index in [2.05, 4.69) is 38.3 Å². The molecule has 5 aromatic rings. The minimum absolute atomic E-state index is 0.104. The van der Waals surface area contributed by atoms with Gasteiger partial charge in [-0.25, -0.2) is 0 Å². The molecule has 4 amide bonds. The number of aromatic hydroxyl groups is 1. The molecule has 282 valence electrons. The van der Waals surface area contributed by atoms with E-state index in [1.54, 1.807) is 35.6 Å². The van der Waals surface area contributed by atoms with Crippen molar-refractivity contribution >= 4 is 61.0 Å². The lowest BCUT2D eigenvalue weighted by atomic mass is 9.90. The molecule has 0 aliphatic carbocycles. The van der Waals surface area contributed by atoms with E-state index >= 15 is 0 Å². The highest BCUT2D eigenvalue weighted by Gasteiger charge is 2.44. The first-order valence-corrected chi connectivity index (χ1v) is 20.3. The van der Waals surface area contributed by atoms with Gasteiger partial charge in [-0.3, -0.25) is 34.3 Å². The van der Waals surface area contributed by atoms with Crippen LogP contribution in [-0.2, 0) is 16.0 Å². The number of ether oxygens (including phenoxy) is 2. The maximum Gasteiger partial charge on any atom is 0.262 e. The summed E-state index contributed by atoms with van der Waals surface area (Å²) in [7, 11) is 0. The first kappa shape index (κ1) is 36.9. The van der Waals surface area contributed by atoms with E-state index in [0.29, 0.717) is 29.4 Å². The third-order valence-electron chi connectivity index (χ3n) is 10.7. The van der Waals surface area contributed by atoms with Crippen LogP contribution in [0.1, 0.15) is 64.8 Å². The molecule has 3 aliphatic rings. The molecule has 0 radical (unpaired) electrons. The summed E-state index contributed by atoms with van der Waals surface area (Å²) in [4.78, 5) is 54.6. The van der Waals surface area contributed by atoms with Crippen LogP contribution in [0.15, 0.2) is 89.4 Å². The number of nitrogens with zero attached hydrogens (tertiary/aromatic N) is 2. The number of phenolic OH excluding ortho intramolecular Hbond substituents is 1. The summed E-state index contributed by atoms with van der Waals surface area (Å²) in [6, 6.07) is 25.6. The standard InChI is InChI=1S/C43H40BrN3O7S/c44-29-7-5-28(6-8-29)40-39(34-15-9-30(48)25-37(34)55-40)54-32-12-10-31(11-13-32)53-23-22-46-20-18-26(19-21-46)2-1-3-27-4-14-33-35(24-27)43(52)47(42(33)51)36-16-17-38(49)45-41(36)50/h4-15,24-26,36,48H,1-3,16-23H2,(H,45,49,50). The number of nitrogens with one attached hydrogen (secondary N) is 1. The van der Waals surface area contributed by atoms with Crippen molar-refractivity contribution in [2.45, 2.75) is 51.0 Å². The topological polar surface area (TPSA) is 125 Å². The second-order valence-electron chi connectivity index (χ2n) is 14.4. The molecule has 8 rings (SSSR count). The fourth-order valence-corrected chi connectivity index (χ4v) is 9.17. The fourth-order valence-electron chi connectivity index (χ4n) is 7.74. The quantitative estimate of drug-likeness (QED) is 0.120. The van der Waals surface area contributed by atoms with Crippen molar-refractivity contribution in [3.8, 4) is 33.4 Å². The Hall–Kier alpha value is -5.04. The van der Waals surface area contributed by atoms with Gasteiger partial charge in [0.15, 0.2) is 5.75 Å². The third-order valence-corrected chi connectivity index (χ3v) is 12.5. The number of likely N-dealkylation sites (tertiary alicyclic amines) is 1. The smallest absolute Gasteiger partial charge is 0.262 e. The number of benzene rings is 4. The number of piperidine rings is 2. The predicted octanol–water partition coefficient (Wildman–Crippen LogP) is 8.34. The molecule has 0 bridgehead atoms. The van der Waals surface area contributed by atoms with E-state index in [9.17, 15) is 24.3 Å². The van der Waals surface area contributed by atoms with Gasteiger partial charge in [-0.15, -0.1) is 11.3 Å². The summed E-state index contributed by atoms with van der Waals surface area (Å²) in [5.41, 5.74) is 2.70. The molecular weight excluding hydrogens is 782 g/mol. The zero-order valence-corrected chi connectivity index (χ0v) is 32.5. The number of phenols is 1. The molecule has 10 nitrogen and oxygen atoms in total. The SMILES string of the molecule is O=C1CCC(N2C(=O)c3ccc(CCCC4CCN(CCOc5ccc(Oc6c(-c7ccc(Br)cc7)sc7cc(O)ccc67)cc5)CC4)cc3C2=O)C(=O)N1. The highest BCUT2D eigenvalue weighted by atomic mass is 79.9. The Kier molecular flexibility index (Phi) is 10.7. The van der Waals surface area contributed by atoms with Crippen LogP contribution in [0.3, 0.4) is 0 Å². The molecule has 0 spiro atoms. The highest BCUT2D eigenvalue weighted by molar-refractivity contribution is 9.10. The van der Waals surface area contributed by atoms with E-state index in [1.807, 2.05) is 48.5 Å². The van der Waals surface area contributed by atoms with E-state index in [-0.39, 0.29) is 24.5 Å². The van der Waals surface area contributed by atoms with Gasteiger partial charge in [0.25, 0.3) is 11.8 Å². The fraction of sp³-hybridized carbons (Fsp3) is 0.302. The van der Waals surface area contributed by atoms with Gasteiger partial charge in [0.05, 0.1) is 16.0 Å². The molecule has 12 heteroatoms. The van der Waals surface area contributed by atoms with E-state index in [4.69, 9.17) is 9.47 Å². The van der Waals surface area contributed by atoms with E-state index in [0.717, 1.165) is 98.7 Å². The van der Waals surface area contributed by atoms with Crippen LogP contribution in [0, 0.1) is 5.92 Å². The van der Waals surface area contributed by atoms with Crippen molar-refractivity contribution in [3.05, 3.63) is 106 Å². The molecule has 1 unspecified atom stereocenters. The number of carbonyl (C=O) groups is 4. The Morgan fingerprint density at radius 3 is 2.35 bits per heavy atom. The number of halogens is 1. The van der Waals surface area contributed by atoms with Crippen LogP contribution in [-0.4, -0.2) is 70.8 Å². The summed E-state index contributed by atoms with van der Waals surface area (Å²) >= 11 is 5.10. The van der Waals surface area contributed by atoms with Gasteiger partial charge < -0.3 is 14.6 Å². The van der Waals surface area contributed by atoms with Crippen LogP contribution in [0.25, 0.3) is 20.5 Å². The summed E-state index contributed by atoms with van der Waals surface area (Å²) < 4.78 is 14.5. The summed E-state index contributed by atoms with van der Waals surface area (Å²) in [6.45, 7) is 3.50. The van der Waals surface area contributed by atoms with Crippen LogP contribution < -0.4 is 14.8 Å². The van der Waals surface area contributed by atoms with Crippen LogP contribution in [0.2, 0.25) is 0 Å². The molecule has 0 saturated carbocycles. The van der Waals surface area contributed by atoms with Crippen LogP contribution in [0.5, 0.6) is 23.0 Å². The van der Waals surface area contributed by atoms with Crippen molar-refractivity contribution < 1.29 is 33.8 Å². The molecule has 2 N–H and O–H groups in total. The highest BCUT2D eigenvalue weighted by Crippen LogP contribution is 2.47. The van der Waals surface area contributed by atoms with E-state index < -0.39 is 23.8 Å². The van der Waals surface area contributed by atoms with E-state index in [1.165, 1.54) is 0 Å². The molecular formula is C43H40BrN3O7S. The largest absolute Gasteiger partial charge is 0.508 e. The average Bonchev–Trinajstić information content (AvgIpc) is 3.65. The minimum atomic E-state index is -0.951. The monoisotopic (exact) mass is 821 g/mol. The van der Waals surface area contributed by atoms with Gasteiger partial charge in [0.2, 0.25) is 11.8 Å². The maximum absolute atomic E-state index is 13.2. The summed E-state index contributed by atoms with van der Waals surface area (Å²) in [6.07, 6.45) is 5.41. The van der Waals surface area contributed by atoms with Crippen molar-refractivity contribution in [2.24, 2.45) is 5.92 Å². The Morgan fingerprint density at radius 1 is 0.836 bits per heavy atom. The average molecular weight is 823 g/mol. The minimum Gasteiger partial charge on any atom is -0.508 e. The first-order chi connectivity index (χ1) is 26.7. The van der Waals surface area contributed by atoms with Gasteiger partial charge in [0.1, 0.15) is 29.9 Å². The van der Waals surface area contributed by atoms with Crippen molar-refractivity contribution in [1.29, 1.82) is 0 Å². The Labute approximate surface area is 331 Å². The molecule has 3 aliphatic heterocycles. The summed E-state index contributed by atoms with van der Waals surface area (Å²) in [5, 5.41) is 13.3. The zero-order valence-electron chi connectivity index (χ0n) is 30.1. The Balaban J connectivity index is 0.777. The number of imide groups is 2. The van der Waals surface area contributed by atoms with Crippen LogP contribution in [0.4, 0.5) is 0 Å². The lowest BCUT2D eigenvalue weighted by Crippen LogP contribution is -2.54. The zero-order chi connectivity index (χ0) is 38.1. The number of amides is 4. The normalized spacial score (nSPS) is 17.8. The van der Waals surface area contributed by atoms with Gasteiger partial charge in [-0.2, -0.15) is 0 Å². The first-order valence-electron chi connectivity index (χ1n) is 18.7. The second kappa shape index (κ2) is 16.0. The van der Waals surface area contributed by atoms with Gasteiger partial charge in [-0.05, 0) is 129 Å². The number of carbonyl (C=O) groups excluding carboxylic acids is 4. The van der Waals surface area contributed by atoms with Gasteiger partial charge in [0, 0.05) is 27.5 Å². The third kappa shape index (κ3) is 8.03. The maximum atomic E-state index is 13.2. The number of fused-ring (bicyclic) bond motifs is 2. The number of hydrogen-bond donors (Lipinski definition) is 2. The molecule has 1 aromatic heterocycles. The molecule has 4 aromatic carbocycles. The second-order valence-corrected chi connectivity index (χ2v) is 16.3. The Morgan fingerprint density at radius 2 is 1.58 bits per heavy atom. The number of rotatable bonds is 12. The summed E-state index contributed by atoms with van der Waals surface area (Å²) in [5.74, 6) is 1.20. The van der Waals surface area contributed by atoms with Gasteiger partial charge >= 0.3 is 0 Å². The molecule has 2 saturated heterocycles. The number of hydrogen-bond acceptors (Lipinski definition) is 9. The van der Waals surface area contributed by atoms with Crippen molar-refractivity contribution in [3.63, 3.8) is 0 Å². The molecule has 4 heterocycles. The molecule has 2 fully saturated rings.